The van der Waals surface area contributed by atoms with E-state index in [0.29, 0.717) is 11.4 Å². The summed E-state index contributed by atoms with van der Waals surface area (Å²) in [5.41, 5.74) is 3.31. The number of carbonyl (C=O) groups is 1. The minimum absolute atomic E-state index is 0.108. The first-order valence-corrected chi connectivity index (χ1v) is 11.0. The highest BCUT2D eigenvalue weighted by Gasteiger charge is 2.21. The molecule has 1 aromatic carbocycles. The van der Waals surface area contributed by atoms with Crippen molar-refractivity contribution in [3.05, 3.63) is 96.2 Å². The number of rotatable bonds is 7. The molecule has 31 heavy (non-hydrogen) atoms. The Morgan fingerprint density at radius 3 is 2.55 bits per heavy atom. The summed E-state index contributed by atoms with van der Waals surface area (Å²) in [6, 6.07) is 17.5. The minimum atomic E-state index is -0.179. The van der Waals surface area contributed by atoms with Gasteiger partial charge in [0, 0.05) is 34.9 Å². The monoisotopic (exact) mass is 429 g/mol. The summed E-state index contributed by atoms with van der Waals surface area (Å²) < 4.78 is 1.73. The van der Waals surface area contributed by atoms with Crippen LogP contribution in [-0.4, -0.2) is 25.7 Å². The topological polar surface area (TPSA) is 72.7 Å². The van der Waals surface area contributed by atoms with E-state index in [0.717, 1.165) is 22.0 Å². The van der Waals surface area contributed by atoms with Crippen LogP contribution >= 0.6 is 11.8 Å². The molecule has 1 amide bonds. The first kappa shape index (κ1) is 20.8. The van der Waals surface area contributed by atoms with Gasteiger partial charge >= 0.3 is 0 Å². The molecule has 0 saturated carbocycles. The smallest absolute Gasteiger partial charge is 0.259 e. The minimum Gasteiger partial charge on any atom is -0.322 e. The largest absolute Gasteiger partial charge is 0.322 e. The second-order valence-electron chi connectivity index (χ2n) is 7.33. The fourth-order valence-electron chi connectivity index (χ4n) is 3.23. The summed E-state index contributed by atoms with van der Waals surface area (Å²) in [6.45, 7) is 4.09. The molecule has 0 aliphatic carbocycles. The van der Waals surface area contributed by atoms with Gasteiger partial charge in [0.1, 0.15) is 0 Å². The van der Waals surface area contributed by atoms with Crippen molar-refractivity contribution in [3.8, 4) is 5.82 Å². The van der Waals surface area contributed by atoms with Gasteiger partial charge in [0.15, 0.2) is 5.82 Å². The van der Waals surface area contributed by atoms with Gasteiger partial charge in [-0.3, -0.25) is 9.78 Å². The highest BCUT2D eigenvalue weighted by molar-refractivity contribution is 7.98. The van der Waals surface area contributed by atoms with Gasteiger partial charge < -0.3 is 5.32 Å². The molecule has 0 spiro atoms. The summed E-state index contributed by atoms with van der Waals surface area (Å²) in [5, 5.41) is 7.41. The summed E-state index contributed by atoms with van der Waals surface area (Å²) in [5.74, 6) is 1.47. The fourth-order valence-corrected chi connectivity index (χ4v) is 4.07. The molecule has 0 aliphatic heterocycles. The second kappa shape index (κ2) is 9.57. The Bertz CT molecular complexity index is 1140. The van der Waals surface area contributed by atoms with Crippen LogP contribution in [0.1, 0.15) is 41.4 Å². The molecule has 0 bridgehead atoms. The van der Waals surface area contributed by atoms with Crippen molar-refractivity contribution in [1.82, 2.24) is 19.7 Å². The first-order valence-electron chi connectivity index (χ1n) is 10.0. The lowest BCUT2D eigenvalue weighted by Gasteiger charge is -2.12. The molecule has 7 heteroatoms. The molecule has 1 N–H and O–H groups in total. The van der Waals surface area contributed by atoms with E-state index in [1.807, 2.05) is 68.6 Å². The predicted molar refractivity (Wildman–Crippen MR) is 124 cm³/mol. The molecule has 156 valence electrons. The zero-order valence-corrected chi connectivity index (χ0v) is 18.2. The molecule has 3 heterocycles. The standard InChI is InChI=1S/C24H23N5OS/c1-17(2)23-21(15-27-29(23)22-7-3-4-13-26-22)24(30)28-19-8-10-20(11-9-19)31-16-18-6-5-12-25-14-18/h3-15,17H,16H2,1-2H3,(H,28,30). The summed E-state index contributed by atoms with van der Waals surface area (Å²) >= 11 is 1.73. The Labute approximate surface area is 185 Å². The molecular weight excluding hydrogens is 406 g/mol. The SMILES string of the molecule is CC(C)c1c(C(=O)Nc2ccc(SCc3cccnc3)cc2)cnn1-c1ccccn1. The Morgan fingerprint density at radius 2 is 1.87 bits per heavy atom. The number of thioether (sulfide) groups is 1. The maximum absolute atomic E-state index is 13.0. The van der Waals surface area contributed by atoms with Crippen molar-refractivity contribution in [2.24, 2.45) is 0 Å². The van der Waals surface area contributed by atoms with Gasteiger partial charge in [-0.2, -0.15) is 5.10 Å². The third kappa shape index (κ3) is 5.00. The molecule has 0 unspecified atom stereocenters. The molecule has 3 aromatic heterocycles. The van der Waals surface area contributed by atoms with Crippen molar-refractivity contribution in [2.45, 2.75) is 30.4 Å². The third-order valence-corrected chi connectivity index (χ3v) is 5.79. The van der Waals surface area contributed by atoms with Gasteiger partial charge in [-0.05, 0) is 53.9 Å². The predicted octanol–water partition coefficient (Wildman–Crippen LogP) is 5.33. The number of amides is 1. The van der Waals surface area contributed by atoms with E-state index in [1.165, 1.54) is 5.56 Å². The Balaban J connectivity index is 1.46. The number of benzene rings is 1. The van der Waals surface area contributed by atoms with E-state index >= 15 is 0 Å². The number of nitrogens with one attached hydrogen (secondary N) is 1. The summed E-state index contributed by atoms with van der Waals surface area (Å²) in [7, 11) is 0. The van der Waals surface area contributed by atoms with Crippen LogP contribution in [0.25, 0.3) is 5.82 Å². The van der Waals surface area contributed by atoms with E-state index < -0.39 is 0 Å². The van der Waals surface area contributed by atoms with Crippen molar-refractivity contribution in [2.75, 3.05) is 5.32 Å². The number of nitrogens with zero attached hydrogens (tertiary/aromatic N) is 4. The molecular formula is C24H23N5OS. The average molecular weight is 430 g/mol. The molecule has 0 radical (unpaired) electrons. The van der Waals surface area contributed by atoms with E-state index in [2.05, 4.69) is 26.4 Å². The van der Waals surface area contributed by atoms with E-state index in [9.17, 15) is 4.79 Å². The number of pyridine rings is 2. The number of hydrogen-bond acceptors (Lipinski definition) is 5. The molecule has 6 nitrogen and oxygen atoms in total. The lowest BCUT2D eigenvalue weighted by atomic mass is 10.1. The zero-order chi connectivity index (χ0) is 21.6. The van der Waals surface area contributed by atoms with Crippen molar-refractivity contribution in [1.29, 1.82) is 0 Å². The van der Waals surface area contributed by atoms with Crippen LogP contribution in [0.5, 0.6) is 0 Å². The fraction of sp³-hybridized carbons (Fsp3) is 0.167. The van der Waals surface area contributed by atoms with Crippen LogP contribution in [0.3, 0.4) is 0 Å². The average Bonchev–Trinajstić information content (AvgIpc) is 3.26. The van der Waals surface area contributed by atoms with Crippen LogP contribution in [0.4, 0.5) is 5.69 Å². The quantitative estimate of drug-likeness (QED) is 0.402. The Hall–Kier alpha value is -3.45. The first-order chi connectivity index (χ1) is 15.1. The maximum atomic E-state index is 13.0. The molecule has 0 aliphatic rings. The number of anilines is 1. The van der Waals surface area contributed by atoms with Gasteiger partial charge in [-0.15, -0.1) is 11.8 Å². The highest BCUT2D eigenvalue weighted by Crippen LogP contribution is 2.26. The van der Waals surface area contributed by atoms with Gasteiger partial charge in [0.2, 0.25) is 0 Å². The van der Waals surface area contributed by atoms with Gasteiger partial charge in [-0.25, -0.2) is 9.67 Å². The Kier molecular flexibility index (Phi) is 6.43. The lowest BCUT2D eigenvalue weighted by molar-refractivity contribution is 0.102. The maximum Gasteiger partial charge on any atom is 0.259 e. The summed E-state index contributed by atoms with van der Waals surface area (Å²) in [4.78, 5) is 22.6. The number of aromatic nitrogens is 4. The van der Waals surface area contributed by atoms with Crippen molar-refractivity contribution in [3.63, 3.8) is 0 Å². The van der Waals surface area contributed by atoms with Crippen LogP contribution in [-0.2, 0) is 5.75 Å². The zero-order valence-electron chi connectivity index (χ0n) is 17.4. The van der Waals surface area contributed by atoms with Gasteiger partial charge in [0.05, 0.1) is 17.5 Å². The van der Waals surface area contributed by atoms with Gasteiger partial charge in [0.25, 0.3) is 5.91 Å². The molecule has 4 aromatic rings. The third-order valence-electron chi connectivity index (χ3n) is 4.70. The normalized spacial score (nSPS) is 10.9. The van der Waals surface area contributed by atoms with Crippen LogP contribution in [0, 0.1) is 0 Å². The number of hydrogen-bond donors (Lipinski definition) is 1. The molecule has 4 rings (SSSR count). The molecule has 0 atom stereocenters. The molecule has 0 saturated heterocycles. The lowest BCUT2D eigenvalue weighted by Crippen LogP contribution is -2.15. The van der Waals surface area contributed by atoms with Crippen LogP contribution in [0.2, 0.25) is 0 Å². The van der Waals surface area contributed by atoms with Crippen molar-refractivity contribution >= 4 is 23.4 Å². The van der Waals surface area contributed by atoms with Crippen LogP contribution < -0.4 is 5.32 Å². The van der Waals surface area contributed by atoms with Crippen molar-refractivity contribution < 1.29 is 4.79 Å². The van der Waals surface area contributed by atoms with Crippen LogP contribution in [0.15, 0.2) is 84.3 Å². The second-order valence-corrected chi connectivity index (χ2v) is 8.38. The highest BCUT2D eigenvalue weighted by atomic mass is 32.2. The number of carbonyl (C=O) groups excluding carboxylic acids is 1. The van der Waals surface area contributed by atoms with Gasteiger partial charge in [-0.1, -0.05) is 26.0 Å². The molecule has 0 fully saturated rings. The Morgan fingerprint density at radius 1 is 1.03 bits per heavy atom. The summed E-state index contributed by atoms with van der Waals surface area (Å²) in [6.07, 6.45) is 6.97. The van der Waals surface area contributed by atoms with E-state index in [-0.39, 0.29) is 11.8 Å². The van der Waals surface area contributed by atoms with E-state index in [1.54, 1.807) is 35.0 Å². The van der Waals surface area contributed by atoms with E-state index in [4.69, 9.17) is 0 Å².